The fourth-order valence-electron chi connectivity index (χ4n) is 2.40. The van der Waals surface area contributed by atoms with Crippen molar-refractivity contribution in [3.05, 3.63) is 34.1 Å². The minimum atomic E-state index is -4.59. The van der Waals surface area contributed by atoms with Gasteiger partial charge in [-0.15, -0.1) is 10.2 Å². The lowest BCUT2D eigenvalue weighted by Crippen LogP contribution is -2.13. The highest BCUT2D eigenvalue weighted by molar-refractivity contribution is 7.98. The van der Waals surface area contributed by atoms with Gasteiger partial charge in [0, 0.05) is 13.1 Å². The molecule has 8 nitrogen and oxygen atoms in total. The molecule has 2 aromatic heterocycles. The van der Waals surface area contributed by atoms with E-state index in [4.69, 9.17) is 9.47 Å². The van der Waals surface area contributed by atoms with E-state index in [1.54, 1.807) is 6.07 Å². The monoisotopic (exact) mass is 401 g/mol. The highest BCUT2D eigenvalue weighted by Gasteiger charge is 2.37. The third-order valence-electron chi connectivity index (χ3n) is 3.69. The molecule has 3 rings (SSSR count). The lowest BCUT2D eigenvalue weighted by atomic mass is 10.2. The summed E-state index contributed by atoms with van der Waals surface area (Å²) in [5, 5.41) is 7.04. The number of ether oxygens (including phenoxy) is 2. The molecule has 0 unspecified atom stereocenters. The van der Waals surface area contributed by atoms with Crippen molar-refractivity contribution in [3.63, 3.8) is 0 Å². The first-order chi connectivity index (χ1) is 12.7. The van der Waals surface area contributed by atoms with Crippen molar-refractivity contribution in [3.8, 4) is 11.5 Å². The molecule has 2 heterocycles. The minimum Gasteiger partial charge on any atom is -0.493 e. The normalized spacial score (nSPS) is 11.8. The number of nitrogens with zero attached hydrogens (tertiary/aromatic N) is 4. The van der Waals surface area contributed by atoms with E-state index in [1.807, 2.05) is 0 Å². The van der Waals surface area contributed by atoms with Crippen molar-refractivity contribution in [1.82, 2.24) is 24.7 Å². The van der Waals surface area contributed by atoms with Gasteiger partial charge >= 0.3 is 6.18 Å². The molecule has 0 aliphatic rings. The molecule has 0 fully saturated rings. The van der Waals surface area contributed by atoms with E-state index in [0.29, 0.717) is 22.4 Å². The third-order valence-corrected chi connectivity index (χ3v) is 4.72. The maximum Gasteiger partial charge on any atom is 0.451 e. The molecule has 0 saturated carbocycles. The molecule has 0 aliphatic carbocycles. The highest BCUT2D eigenvalue weighted by Crippen LogP contribution is 2.31. The molecule has 3 aromatic rings. The minimum absolute atomic E-state index is 0.0531. The number of hydrogen-bond donors (Lipinski definition) is 1. The van der Waals surface area contributed by atoms with E-state index < -0.39 is 17.6 Å². The van der Waals surface area contributed by atoms with E-state index >= 15 is 0 Å². The molecule has 1 N–H and O–H groups in total. The zero-order chi connectivity index (χ0) is 19.8. The Hall–Kier alpha value is -2.76. The SMILES string of the molecule is COc1cc2nc(CSc3nnc(C(F)(F)F)n3C)[nH]c(=O)c2cc1OC. The van der Waals surface area contributed by atoms with Crippen molar-refractivity contribution in [2.45, 2.75) is 17.1 Å². The summed E-state index contributed by atoms with van der Waals surface area (Å²) in [5.41, 5.74) is -0.0218. The Morgan fingerprint density at radius 3 is 2.44 bits per heavy atom. The lowest BCUT2D eigenvalue weighted by molar-refractivity contribution is -0.147. The fraction of sp³-hybridized carbons (Fsp3) is 0.333. The number of halogens is 3. The van der Waals surface area contributed by atoms with Crippen LogP contribution in [0.5, 0.6) is 11.5 Å². The number of thioether (sulfide) groups is 1. The van der Waals surface area contributed by atoms with Crippen molar-refractivity contribution in [2.75, 3.05) is 14.2 Å². The first-order valence-electron chi connectivity index (χ1n) is 7.49. The maximum atomic E-state index is 12.8. The van der Waals surface area contributed by atoms with Crippen molar-refractivity contribution >= 4 is 22.7 Å². The largest absolute Gasteiger partial charge is 0.493 e. The second-order valence-electron chi connectivity index (χ2n) is 5.39. The Bertz CT molecular complexity index is 1050. The number of rotatable bonds is 5. The smallest absolute Gasteiger partial charge is 0.451 e. The van der Waals surface area contributed by atoms with E-state index in [-0.39, 0.29) is 16.7 Å². The second-order valence-corrected chi connectivity index (χ2v) is 6.33. The zero-order valence-corrected chi connectivity index (χ0v) is 15.2. The van der Waals surface area contributed by atoms with Gasteiger partial charge in [0.25, 0.3) is 5.56 Å². The van der Waals surface area contributed by atoms with Crippen molar-refractivity contribution in [2.24, 2.45) is 7.05 Å². The van der Waals surface area contributed by atoms with Crippen LogP contribution < -0.4 is 15.0 Å². The van der Waals surface area contributed by atoms with Gasteiger partial charge < -0.3 is 19.0 Å². The Balaban J connectivity index is 1.90. The van der Waals surface area contributed by atoms with Crippen LogP contribution >= 0.6 is 11.8 Å². The number of benzene rings is 1. The molecule has 0 radical (unpaired) electrons. The van der Waals surface area contributed by atoms with E-state index in [0.717, 1.165) is 16.3 Å². The molecule has 144 valence electrons. The van der Waals surface area contributed by atoms with Gasteiger partial charge in [0.15, 0.2) is 16.7 Å². The summed E-state index contributed by atoms with van der Waals surface area (Å²) in [7, 11) is 4.13. The maximum absolute atomic E-state index is 12.8. The van der Waals surface area contributed by atoms with Gasteiger partial charge in [-0.1, -0.05) is 11.8 Å². The second kappa shape index (κ2) is 7.10. The van der Waals surface area contributed by atoms with Gasteiger partial charge in [-0.05, 0) is 6.07 Å². The summed E-state index contributed by atoms with van der Waals surface area (Å²) in [5.74, 6) is 0.0784. The van der Waals surface area contributed by atoms with Crippen LogP contribution in [0.1, 0.15) is 11.6 Å². The standard InChI is InChI=1S/C15H14F3N5O3S/c1-23-13(15(16,17)18)21-22-14(23)27-6-11-19-8-5-10(26-3)9(25-2)4-7(8)12(24)20-11/h4-5H,6H2,1-3H3,(H,19,20,24). The number of aromatic nitrogens is 5. The zero-order valence-electron chi connectivity index (χ0n) is 14.4. The van der Waals surface area contributed by atoms with Crippen LogP contribution in [0.25, 0.3) is 10.9 Å². The van der Waals surface area contributed by atoms with Gasteiger partial charge in [0.05, 0.1) is 30.9 Å². The molecule has 12 heteroatoms. The Morgan fingerprint density at radius 1 is 1.19 bits per heavy atom. The average molecular weight is 401 g/mol. The summed E-state index contributed by atoms with van der Waals surface area (Å²) in [6, 6.07) is 3.07. The Morgan fingerprint density at radius 2 is 1.85 bits per heavy atom. The molecule has 1 aromatic carbocycles. The van der Waals surface area contributed by atoms with Gasteiger partial charge in [0.2, 0.25) is 5.82 Å². The Kier molecular flexibility index (Phi) is 5.00. The van der Waals surface area contributed by atoms with Gasteiger partial charge in [-0.2, -0.15) is 13.2 Å². The number of alkyl halides is 3. The summed E-state index contributed by atoms with van der Waals surface area (Å²) >= 11 is 0.973. The van der Waals surface area contributed by atoms with Crippen LogP contribution in [0, 0.1) is 0 Å². The molecule has 0 amide bonds. The topological polar surface area (TPSA) is 94.9 Å². The summed E-state index contributed by atoms with van der Waals surface area (Å²) < 4.78 is 49.5. The molecule has 0 aliphatic heterocycles. The van der Waals surface area contributed by atoms with Crippen molar-refractivity contribution in [1.29, 1.82) is 0 Å². The number of aromatic amines is 1. The van der Waals surface area contributed by atoms with Gasteiger partial charge in [0.1, 0.15) is 5.82 Å². The van der Waals surface area contributed by atoms with E-state index in [2.05, 4.69) is 20.2 Å². The molecule has 0 bridgehead atoms. The predicted octanol–water partition coefficient (Wildman–Crippen LogP) is 2.38. The summed E-state index contributed by atoms with van der Waals surface area (Å²) in [6.45, 7) is 0. The van der Waals surface area contributed by atoms with Crippen LogP contribution in [-0.2, 0) is 19.0 Å². The molecule has 27 heavy (non-hydrogen) atoms. The van der Waals surface area contributed by atoms with Crippen molar-refractivity contribution < 1.29 is 22.6 Å². The van der Waals surface area contributed by atoms with Gasteiger partial charge in [-0.3, -0.25) is 4.79 Å². The molecule has 0 spiro atoms. The number of methoxy groups -OCH3 is 2. The van der Waals surface area contributed by atoms with Crippen LogP contribution in [0.15, 0.2) is 22.1 Å². The number of hydrogen-bond acceptors (Lipinski definition) is 7. The highest BCUT2D eigenvalue weighted by atomic mass is 32.2. The van der Waals surface area contributed by atoms with Crippen LogP contribution in [0.3, 0.4) is 0 Å². The van der Waals surface area contributed by atoms with E-state index in [1.165, 1.54) is 27.3 Å². The molecular weight excluding hydrogens is 387 g/mol. The van der Waals surface area contributed by atoms with E-state index in [9.17, 15) is 18.0 Å². The average Bonchev–Trinajstić information content (AvgIpc) is 2.99. The fourth-order valence-corrected chi connectivity index (χ4v) is 3.18. The van der Waals surface area contributed by atoms with Crippen LogP contribution in [0.4, 0.5) is 13.2 Å². The molecule has 0 atom stereocenters. The third kappa shape index (κ3) is 3.70. The van der Waals surface area contributed by atoms with Gasteiger partial charge in [-0.25, -0.2) is 4.98 Å². The first kappa shape index (κ1) is 19.0. The first-order valence-corrected chi connectivity index (χ1v) is 8.47. The van der Waals surface area contributed by atoms with Crippen LogP contribution in [-0.4, -0.2) is 39.0 Å². The predicted molar refractivity (Wildman–Crippen MR) is 91.0 cm³/mol. The lowest BCUT2D eigenvalue weighted by Gasteiger charge is -2.09. The number of H-pyrrole nitrogens is 1. The molecular formula is C15H14F3N5O3S. The Labute approximate surface area is 154 Å². The quantitative estimate of drug-likeness (QED) is 0.656. The number of fused-ring (bicyclic) bond motifs is 1. The summed E-state index contributed by atoms with van der Waals surface area (Å²) in [6.07, 6.45) is -4.59. The van der Waals surface area contributed by atoms with Crippen LogP contribution in [0.2, 0.25) is 0 Å². The number of nitrogens with one attached hydrogen (secondary N) is 1. The summed E-state index contributed by atoms with van der Waals surface area (Å²) in [4.78, 5) is 19.2. The molecule has 0 saturated heterocycles.